The van der Waals surface area contributed by atoms with Crippen molar-refractivity contribution >= 4 is 43.2 Å². The summed E-state index contributed by atoms with van der Waals surface area (Å²) in [6, 6.07) is 11.2. The van der Waals surface area contributed by atoms with Gasteiger partial charge in [-0.1, -0.05) is 12.1 Å². The van der Waals surface area contributed by atoms with Crippen LogP contribution in [0.2, 0.25) is 0 Å². The molecule has 1 heterocycles. The van der Waals surface area contributed by atoms with Gasteiger partial charge in [-0.15, -0.1) is 11.3 Å². The van der Waals surface area contributed by atoms with Gasteiger partial charge in [-0.3, -0.25) is 0 Å². The first-order valence-electron chi connectivity index (χ1n) is 5.85. The predicted octanol–water partition coefficient (Wildman–Crippen LogP) is 4.99. The van der Waals surface area contributed by atoms with E-state index in [2.05, 4.69) is 79.8 Å². The van der Waals surface area contributed by atoms with Gasteiger partial charge in [0.1, 0.15) is 0 Å². The van der Waals surface area contributed by atoms with Crippen LogP contribution in [-0.4, -0.2) is 6.04 Å². The van der Waals surface area contributed by atoms with Gasteiger partial charge in [0.2, 0.25) is 0 Å². The summed E-state index contributed by atoms with van der Waals surface area (Å²) in [4.78, 5) is 1.44. The van der Waals surface area contributed by atoms with Gasteiger partial charge >= 0.3 is 0 Å². The Morgan fingerprint density at radius 1 is 1.22 bits per heavy atom. The Labute approximate surface area is 129 Å². The molecule has 1 atom stereocenters. The van der Waals surface area contributed by atoms with Gasteiger partial charge in [-0.05, 0) is 74.3 Å². The molecule has 1 aromatic heterocycles. The normalized spacial score (nSPS) is 12.6. The number of thiophene rings is 1. The number of benzene rings is 1. The molecule has 0 saturated carbocycles. The third-order valence-electron chi connectivity index (χ3n) is 2.73. The fraction of sp³-hybridized carbons (Fsp3) is 0.286. The number of hydrogen-bond acceptors (Lipinski definition) is 2. The number of halogens is 2. The smallest absolute Gasteiger partial charge is 0.0320 e. The zero-order valence-corrected chi connectivity index (χ0v) is 14.1. The standard InChI is InChI=1S/C14H15Br2NS/c1-10(7-12-3-2-6-18-12)17-9-11-4-5-13(15)14(16)8-11/h2-6,8,10,17H,7,9H2,1H3. The van der Waals surface area contributed by atoms with Crippen LogP contribution in [0, 0.1) is 0 Å². The second-order valence-electron chi connectivity index (χ2n) is 4.31. The van der Waals surface area contributed by atoms with Crippen molar-refractivity contribution in [3.63, 3.8) is 0 Å². The lowest BCUT2D eigenvalue weighted by atomic mass is 10.2. The summed E-state index contributed by atoms with van der Waals surface area (Å²) in [6.45, 7) is 3.13. The van der Waals surface area contributed by atoms with Gasteiger partial charge in [0, 0.05) is 26.4 Å². The minimum Gasteiger partial charge on any atom is -0.310 e. The van der Waals surface area contributed by atoms with Crippen molar-refractivity contribution in [3.8, 4) is 0 Å². The van der Waals surface area contributed by atoms with E-state index in [4.69, 9.17) is 0 Å². The lowest BCUT2D eigenvalue weighted by Crippen LogP contribution is -2.27. The van der Waals surface area contributed by atoms with Gasteiger partial charge in [0.25, 0.3) is 0 Å². The highest BCUT2D eigenvalue weighted by atomic mass is 79.9. The number of nitrogens with one attached hydrogen (secondary N) is 1. The van der Waals surface area contributed by atoms with E-state index in [0.717, 1.165) is 21.9 Å². The van der Waals surface area contributed by atoms with E-state index in [1.165, 1.54) is 10.4 Å². The first-order chi connectivity index (χ1) is 8.65. The summed E-state index contributed by atoms with van der Waals surface area (Å²) in [5, 5.41) is 5.69. The topological polar surface area (TPSA) is 12.0 Å². The zero-order valence-electron chi connectivity index (χ0n) is 10.1. The van der Waals surface area contributed by atoms with Crippen molar-refractivity contribution in [1.82, 2.24) is 5.32 Å². The molecule has 18 heavy (non-hydrogen) atoms. The average Bonchev–Trinajstić information content (AvgIpc) is 2.83. The highest BCUT2D eigenvalue weighted by Gasteiger charge is 2.05. The Balaban J connectivity index is 1.85. The van der Waals surface area contributed by atoms with E-state index in [1.807, 2.05) is 11.3 Å². The highest BCUT2D eigenvalue weighted by Crippen LogP contribution is 2.23. The van der Waals surface area contributed by atoms with E-state index in [0.29, 0.717) is 6.04 Å². The first-order valence-corrected chi connectivity index (χ1v) is 8.31. The summed E-state index contributed by atoms with van der Waals surface area (Å²) in [5.41, 5.74) is 1.29. The third-order valence-corrected chi connectivity index (χ3v) is 5.50. The fourth-order valence-electron chi connectivity index (χ4n) is 1.74. The Hall–Kier alpha value is -0.160. The van der Waals surface area contributed by atoms with Crippen LogP contribution in [0.4, 0.5) is 0 Å². The van der Waals surface area contributed by atoms with Crippen molar-refractivity contribution < 1.29 is 0 Å². The molecule has 1 N–H and O–H groups in total. The molecule has 0 aliphatic rings. The molecule has 2 rings (SSSR count). The lowest BCUT2D eigenvalue weighted by molar-refractivity contribution is 0.548. The first kappa shape index (κ1) is 14.3. The summed E-state index contributed by atoms with van der Waals surface area (Å²) in [6.07, 6.45) is 1.09. The van der Waals surface area contributed by atoms with Crippen LogP contribution in [0.3, 0.4) is 0 Å². The number of rotatable bonds is 5. The highest BCUT2D eigenvalue weighted by molar-refractivity contribution is 9.13. The van der Waals surface area contributed by atoms with Crippen molar-refractivity contribution in [3.05, 3.63) is 55.1 Å². The molecule has 0 aliphatic heterocycles. The third kappa shape index (κ3) is 4.19. The molecular formula is C14H15Br2NS. The monoisotopic (exact) mass is 387 g/mol. The molecule has 4 heteroatoms. The maximum absolute atomic E-state index is 3.55. The van der Waals surface area contributed by atoms with Gasteiger partial charge in [-0.25, -0.2) is 0 Å². The Kier molecular flexibility index (Phi) is 5.42. The molecule has 0 radical (unpaired) electrons. The summed E-state index contributed by atoms with van der Waals surface area (Å²) in [7, 11) is 0. The molecule has 2 aromatic rings. The largest absolute Gasteiger partial charge is 0.310 e. The van der Waals surface area contributed by atoms with Crippen molar-refractivity contribution in [1.29, 1.82) is 0 Å². The molecule has 0 aliphatic carbocycles. The number of hydrogen-bond donors (Lipinski definition) is 1. The molecule has 0 spiro atoms. The van der Waals surface area contributed by atoms with E-state index >= 15 is 0 Å². The van der Waals surface area contributed by atoms with E-state index in [1.54, 1.807) is 0 Å². The molecule has 0 bridgehead atoms. The molecular weight excluding hydrogens is 374 g/mol. The van der Waals surface area contributed by atoms with Crippen LogP contribution in [-0.2, 0) is 13.0 Å². The van der Waals surface area contributed by atoms with Crippen LogP contribution in [0.25, 0.3) is 0 Å². The minimum atomic E-state index is 0.492. The van der Waals surface area contributed by atoms with Crippen LogP contribution in [0.5, 0.6) is 0 Å². The van der Waals surface area contributed by atoms with E-state index < -0.39 is 0 Å². The van der Waals surface area contributed by atoms with Crippen LogP contribution in [0.1, 0.15) is 17.4 Å². The van der Waals surface area contributed by atoms with Crippen LogP contribution >= 0.6 is 43.2 Å². The Morgan fingerprint density at radius 3 is 2.72 bits per heavy atom. The minimum absolute atomic E-state index is 0.492. The lowest BCUT2D eigenvalue weighted by Gasteiger charge is -2.13. The summed E-state index contributed by atoms with van der Waals surface area (Å²) < 4.78 is 2.20. The van der Waals surface area contributed by atoms with Gasteiger partial charge < -0.3 is 5.32 Å². The maximum atomic E-state index is 3.55. The molecule has 0 amide bonds. The van der Waals surface area contributed by atoms with Crippen molar-refractivity contribution in [2.24, 2.45) is 0 Å². The van der Waals surface area contributed by atoms with Crippen molar-refractivity contribution in [2.45, 2.75) is 25.9 Å². The zero-order chi connectivity index (χ0) is 13.0. The van der Waals surface area contributed by atoms with Crippen LogP contribution < -0.4 is 5.32 Å². The summed E-state index contributed by atoms with van der Waals surface area (Å²) in [5.74, 6) is 0. The van der Waals surface area contributed by atoms with Gasteiger partial charge in [-0.2, -0.15) is 0 Å². The molecule has 96 valence electrons. The molecule has 1 unspecified atom stereocenters. The Morgan fingerprint density at radius 2 is 2.06 bits per heavy atom. The van der Waals surface area contributed by atoms with E-state index in [-0.39, 0.29) is 0 Å². The predicted molar refractivity (Wildman–Crippen MR) is 86.2 cm³/mol. The van der Waals surface area contributed by atoms with Crippen molar-refractivity contribution in [2.75, 3.05) is 0 Å². The van der Waals surface area contributed by atoms with E-state index in [9.17, 15) is 0 Å². The fourth-order valence-corrected chi connectivity index (χ4v) is 3.25. The summed E-state index contributed by atoms with van der Waals surface area (Å²) >= 11 is 8.84. The quantitative estimate of drug-likeness (QED) is 0.760. The maximum Gasteiger partial charge on any atom is 0.0320 e. The molecule has 1 nitrogen and oxygen atoms in total. The second-order valence-corrected chi connectivity index (χ2v) is 7.05. The molecule has 0 fully saturated rings. The Bertz CT molecular complexity index is 497. The molecule has 0 saturated heterocycles. The molecule has 1 aromatic carbocycles. The average molecular weight is 389 g/mol. The SMILES string of the molecule is CC(Cc1cccs1)NCc1ccc(Br)c(Br)c1. The van der Waals surface area contributed by atoms with Gasteiger partial charge in [0.05, 0.1) is 0 Å². The van der Waals surface area contributed by atoms with Crippen LogP contribution in [0.15, 0.2) is 44.7 Å². The second kappa shape index (κ2) is 6.85. The van der Waals surface area contributed by atoms with Gasteiger partial charge in [0.15, 0.2) is 0 Å².